The molecule has 0 radical (unpaired) electrons. The van der Waals surface area contributed by atoms with Gasteiger partial charge in [-0.05, 0) is 56.6 Å². The predicted molar refractivity (Wildman–Crippen MR) is 75.1 cm³/mol. The van der Waals surface area contributed by atoms with Crippen LogP contribution in [0.5, 0.6) is 0 Å². The Morgan fingerprint density at radius 1 is 1.28 bits per heavy atom. The van der Waals surface area contributed by atoms with Crippen molar-refractivity contribution in [2.75, 3.05) is 5.75 Å². The molecule has 1 aliphatic carbocycles. The van der Waals surface area contributed by atoms with E-state index in [-0.39, 0.29) is 5.75 Å². The van der Waals surface area contributed by atoms with Crippen LogP contribution in [-0.4, -0.2) is 18.7 Å². The molecule has 0 aromatic rings. The molecule has 0 saturated carbocycles. The molecule has 0 aliphatic heterocycles. The minimum absolute atomic E-state index is 0.141. The van der Waals surface area contributed by atoms with E-state index in [2.05, 4.69) is 27.7 Å². The molecule has 0 unspecified atom stereocenters. The van der Waals surface area contributed by atoms with Crippen LogP contribution >= 0.6 is 0 Å². The van der Waals surface area contributed by atoms with Gasteiger partial charge in [-0.3, -0.25) is 4.55 Å². The highest BCUT2D eigenvalue weighted by atomic mass is 32.2. The maximum atomic E-state index is 10.8. The Bertz CT molecular complexity index is 463. The van der Waals surface area contributed by atoms with Gasteiger partial charge in [0, 0.05) is 0 Å². The average Bonchev–Trinajstić information content (AvgIpc) is 2.59. The molecule has 1 rings (SSSR count). The summed E-state index contributed by atoms with van der Waals surface area (Å²) in [5.74, 6) is 0.375. The van der Waals surface area contributed by atoms with Crippen LogP contribution in [0, 0.1) is 5.92 Å². The van der Waals surface area contributed by atoms with Crippen molar-refractivity contribution >= 4 is 10.1 Å². The Kier molecular flexibility index (Phi) is 5.17. The van der Waals surface area contributed by atoms with Crippen LogP contribution in [0.4, 0.5) is 0 Å². The normalized spacial score (nSPS) is 16.9. The Morgan fingerprint density at radius 3 is 2.33 bits per heavy atom. The lowest BCUT2D eigenvalue weighted by Gasteiger charge is -2.12. The zero-order chi connectivity index (χ0) is 13.9. The van der Waals surface area contributed by atoms with Gasteiger partial charge in [0.05, 0.1) is 5.75 Å². The van der Waals surface area contributed by atoms with Crippen molar-refractivity contribution in [1.29, 1.82) is 0 Å². The molecule has 0 heterocycles. The first-order valence-electron chi connectivity index (χ1n) is 6.56. The van der Waals surface area contributed by atoms with Crippen LogP contribution in [0.1, 0.15) is 53.4 Å². The highest BCUT2D eigenvalue weighted by Crippen LogP contribution is 2.39. The lowest BCUT2D eigenvalue weighted by molar-refractivity contribution is 0.481. The van der Waals surface area contributed by atoms with Crippen LogP contribution < -0.4 is 0 Å². The second-order valence-electron chi connectivity index (χ2n) is 5.53. The summed E-state index contributed by atoms with van der Waals surface area (Å²) >= 11 is 0. The molecule has 0 amide bonds. The summed E-state index contributed by atoms with van der Waals surface area (Å²) in [5, 5.41) is 0. The van der Waals surface area contributed by atoms with Gasteiger partial charge < -0.3 is 0 Å². The van der Waals surface area contributed by atoms with Crippen molar-refractivity contribution in [2.24, 2.45) is 5.92 Å². The van der Waals surface area contributed by atoms with Gasteiger partial charge in [-0.2, -0.15) is 8.42 Å². The van der Waals surface area contributed by atoms with Crippen molar-refractivity contribution in [1.82, 2.24) is 0 Å². The first-order chi connectivity index (χ1) is 8.22. The topological polar surface area (TPSA) is 54.4 Å². The molecular formula is C14H24O3S. The lowest BCUT2D eigenvalue weighted by atomic mass is 9.94. The number of hydrogen-bond acceptors (Lipinski definition) is 2. The van der Waals surface area contributed by atoms with E-state index < -0.39 is 10.1 Å². The maximum absolute atomic E-state index is 10.8. The van der Waals surface area contributed by atoms with Gasteiger partial charge >= 0.3 is 0 Å². The fourth-order valence-electron chi connectivity index (χ4n) is 2.69. The van der Waals surface area contributed by atoms with Gasteiger partial charge in [-0.15, -0.1) is 0 Å². The number of hydrogen-bond donors (Lipinski definition) is 1. The highest BCUT2D eigenvalue weighted by Gasteiger charge is 2.22. The molecule has 0 aromatic heterocycles. The molecule has 0 bridgehead atoms. The largest absolute Gasteiger partial charge is 0.286 e. The molecule has 4 heteroatoms. The molecule has 0 spiro atoms. The van der Waals surface area contributed by atoms with Crippen molar-refractivity contribution in [3.8, 4) is 0 Å². The van der Waals surface area contributed by atoms with Gasteiger partial charge in [-0.1, -0.05) is 25.0 Å². The van der Waals surface area contributed by atoms with E-state index in [9.17, 15) is 8.42 Å². The van der Waals surface area contributed by atoms with E-state index in [0.29, 0.717) is 12.3 Å². The summed E-state index contributed by atoms with van der Waals surface area (Å²) in [5.41, 5.74) is 5.52. The summed E-state index contributed by atoms with van der Waals surface area (Å²) in [4.78, 5) is 0. The van der Waals surface area contributed by atoms with Crippen LogP contribution in [0.2, 0.25) is 0 Å². The van der Waals surface area contributed by atoms with Crippen LogP contribution in [-0.2, 0) is 10.1 Å². The Morgan fingerprint density at radius 2 is 1.89 bits per heavy atom. The van der Waals surface area contributed by atoms with E-state index in [0.717, 1.165) is 19.3 Å². The third-order valence-electron chi connectivity index (χ3n) is 3.53. The number of allylic oxidation sites excluding steroid dienone is 4. The molecule has 0 saturated heterocycles. The minimum Gasteiger partial charge on any atom is -0.286 e. The summed E-state index contributed by atoms with van der Waals surface area (Å²) in [6, 6.07) is 0. The standard InChI is InChI=1S/C14H24O3S/c1-10(2)12-7-8-13(11(3)4)14(12)6-5-9-18(15,16)17/h10H,5-9H2,1-4H3,(H,15,16,17). The van der Waals surface area contributed by atoms with Gasteiger partial charge in [0.25, 0.3) is 10.1 Å². The fourth-order valence-corrected chi connectivity index (χ4v) is 3.20. The molecule has 1 N–H and O–H groups in total. The molecule has 3 nitrogen and oxygen atoms in total. The quantitative estimate of drug-likeness (QED) is 0.776. The molecule has 104 valence electrons. The zero-order valence-electron chi connectivity index (χ0n) is 11.8. The Hall–Kier alpha value is -0.610. The summed E-state index contributed by atoms with van der Waals surface area (Å²) in [6.07, 6.45) is 3.44. The molecule has 18 heavy (non-hydrogen) atoms. The fraction of sp³-hybridized carbons (Fsp3) is 0.714. The van der Waals surface area contributed by atoms with Crippen LogP contribution in [0.15, 0.2) is 22.3 Å². The van der Waals surface area contributed by atoms with E-state index in [1.807, 2.05) is 0 Å². The SMILES string of the molecule is CC(C)=C1CCC(C(C)C)=C1CCCS(=O)(=O)O. The van der Waals surface area contributed by atoms with Crippen molar-refractivity contribution in [3.63, 3.8) is 0 Å². The monoisotopic (exact) mass is 272 g/mol. The third-order valence-corrected chi connectivity index (χ3v) is 4.33. The number of rotatable bonds is 5. The van der Waals surface area contributed by atoms with Crippen molar-refractivity contribution in [2.45, 2.75) is 53.4 Å². The van der Waals surface area contributed by atoms with Gasteiger partial charge in [0.15, 0.2) is 0 Å². The molecule has 0 aromatic carbocycles. The zero-order valence-corrected chi connectivity index (χ0v) is 12.6. The van der Waals surface area contributed by atoms with Crippen molar-refractivity contribution in [3.05, 3.63) is 22.3 Å². The second kappa shape index (κ2) is 6.02. The minimum atomic E-state index is -3.83. The summed E-state index contributed by atoms with van der Waals surface area (Å²) in [6.45, 7) is 8.60. The third kappa shape index (κ3) is 4.25. The predicted octanol–water partition coefficient (Wildman–Crippen LogP) is 3.74. The summed E-state index contributed by atoms with van der Waals surface area (Å²) < 4.78 is 30.3. The molecular weight excluding hydrogens is 248 g/mol. The first-order valence-corrected chi connectivity index (χ1v) is 8.17. The van der Waals surface area contributed by atoms with Crippen LogP contribution in [0.25, 0.3) is 0 Å². The van der Waals surface area contributed by atoms with E-state index in [4.69, 9.17) is 4.55 Å². The average molecular weight is 272 g/mol. The van der Waals surface area contributed by atoms with Crippen molar-refractivity contribution < 1.29 is 13.0 Å². The lowest BCUT2D eigenvalue weighted by Crippen LogP contribution is -2.05. The van der Waals surface area contributed by atoms with Gasteiger partial charge in [0.2, 0.25) is 0 Å². The van der Waals surface area contributed by atoms with E-state index in [1.165, 1.54) is 22.3 Å². The Balaban J connectivity index is 2.85. The Labute approximate surface area is 111 Å². The van der Waals surface area contributed by atoms with E-state index >= 15 is 0 Å². The smallest absolute Gasteiger partial charge is 0.264 e. The molecule has 0 fully saturated rings. The van der Waals surface area contributed by atoms with Gasteiger partial charge in [-0.25, -0.2) is 0 Å². The summed E-state index contributed by atoms with van der Waals surface area (Å²) in [7, 11) is -3.83. The molecule has 1 aliphatic rings. The second-order valence-corrected chi connectivity index (χ2v) is 7.10. The molecule has 0 atom stereocenters. The maximum Gasteiger partial charge on any atom is 0.264 e. The van der Waals surface area contributed by atoms with E-state index in [1.54, 1.807) is 0 Å². The first kappa shape index (κ1) is 15.4. The highest BCUT2D eigenvalue weighted by molar-refractivity contribution is 7.85. The van der Waals surface area contributed by atoms with Crippen LogP contribution in [0.3, 0.4) is 0 Å². The van der Waals surface area contributed by atoms with Gasteiger partial charge in [0.1, 0.15) is 0 Å².